The zero-order valence-corrected chi connectivity index (χ0v) is 49.1. The van der Waals surface area contributed by atoms with E-state index in [1.807, 2.05) is 249 Å². The molecule has 0 fully saturated rings. The summed E-state index contributed by atoms with van der Waals surface area (Å²) < 4.78 is 0. The fourth-order valence-corrected chi connectivity index (χ4v) is 3.10. The summed E-state index contributed by atoms with van der Waals surface area (Å²) in [6, 6.07) is 20.3. The van der Waals surface area contributed by atoms with Crippen molar-refractivity contribution in [3.05, 3.63) is 161 Å². The number of nitrogens with one attached hydrogen (secondary N) is 1. The summed E-state index contributed by atoms with van der Waals surface area (Å²) in [5, 5.41) is 10.6. The SMILES string of the molecule is C.C.C.C.C.CC.CC.CC.CC.CC.CC.CC.CC.CC.CC.CC.CC.Cc1ccccc1.Cc1cccnc1.Cc1ccncc1.Cc1ccsc1.Cc1cn[nH]c1.Cc1cncnc1. The van der Waals surface area contributed by atoms with Crippen LogP contribution in [0.3, 0.4) is 0 Å². The smallest absolute Gasteiger partial charge is 0.115 e. The van der Waals surface area contributed by atoms with Gasteiger partial charge in [0.1, 0.15) is 6.33 Å². The van der Waals surface area contributed by atoms with Crippen molar-refractivity contribution in [3.63, 3.8) is 0 Å². The average molecular weight is 994 g/mol. The lowest BCUT2D eigenvalue weighted by atomic mass is 10.2. The average Bonchev–Trinajstić information content (AvgIpc) is 4.11. The minimum atomic E-state index is 0. The third kappa shape index (κ3) is 139. The van der Waals surface area contributed by atoms with Crippen LogP contribution in [0, 0.1) is 41.5 Å². The highest BCUT2D eigenvalue weighted by Gasteiger charge is 1.77. The van der Waals surface area contributed by atoms with E-state index < -0.39 is 0 Å². The quantitative estimate of drug-likeness (QED) is 0.164. The van der Waals surface area contributed by atoms with Crippen LogP contribution in [0.1, 0.15) is 237 Å². The first-order valence-corrected chi connectivity index (χ1v) is 25.7. The van der Waals surface area contributed by atoms with E-state index in [2.05, 4.69) is 72.9 Å². The molecule has 0 saturated heterocycles. The second-order valence-electron chi connectivity index (χ2n) is 8.70. The first-order chi connectivity index (χ1) is 31.4. The molecule has 0 amide bonds. The minimum Gasteiger partial charge on any atom is -0.285 e. The zero-order valence-electron chi connectivity index (χ0n) is 48.3. The van der Waals surface area contributed by atoms with E-state index in [-0.39, 0.29) is 37.1 Å². The van der Waals surface area contributed by atoms with Gasteiger partial charge in [0.25, 0.3) is 0 Å². The van der Waals surface area contributed by atoms with Crippen molar-refractivity contribution in [2.24, 2.45) is 0 Å². The molecule has 0 radical (unpaired) electrons. The maximum absolute atomic E-state index is 3.88. The van der Waals surface area contributed by atoms with E-state index >= 15 is 0 Å². The molecule has 1 N–H and O–H groups in total. The molecule has 0 atom stereocenters. The number of rotatable bonds is 0. The largest absolute Gasteiger partial charge is 0.285 e. The number of nitrogens with zero attached hydrogens (tertiary/aromatic N) is 5. The molecule has 5 heterocycles. The fourth-order valence-electron chi connectivity index (χ4n) is 2.43. The van der Waals surface area contributed by atoms with Gasteiger partial charge < -0.3 is 0 Å². The summed E-state index contributed by atoms with van der Waals surface area (Å²) in [4.78, 5) is 15.3. The fraction of sp³-hybridized carbons (Fsp3) is 0.565. The number of benzene rings is 1. The van der Waals surface area contributed by atoms with Crippen molar-refractivity contribution in [2.75, 3.05) is 0 Å². The number of H-pyrrole nitrogens is 1. The lowest BCUT2D eigenvalue weighted by Crippen LogP contribution is -1.75. The normalized spacial score (nSPS) is 6.12. The number of aryl methyl sites for hydroxylation is 6. The van der Waals surface area contributed by atoms with Crippen LogP contribution in [0.4, 0.5) is 0 Å². The first kappa shape index (κ1) is 115. The molecule has 7 heteroatoms. The molecule has 6 aromatic rings. The molecular weight excluding hydrogens is 861 g/mol. The van der Waals surface area contributed by atoms with Crippen molar-refractivity contribution in [1.82, 2.24) is 30.1 Å². The van der Waals surface area contributed by atoms with Gasteiger partial charge in [0.05, 0.1) is 6.20 Å². The van der Waals surface area contributed by atoms with Crippen LogP contribution < -0.4 is 0 Å². The summed E-state index contributed by atoms with van der Waals surface area (Å²) >= 11 is 1.74. The number of aromatic amines is 1. The molecule has 0 aliphatic rings. The molecular formula is C62H132N6S. The zero-order chi connectivity index (χ0) is 53.3. The Balaban J connectivity index is -0.0000000285. The van der Waals surface area contributed by atoms with Crippen LogP contribution in [-0.2, 0) is 0 Å². The molecule has 0 unspecified atom stereocenters. The number of hydrogen-bond donors (Lipinski definition) is 1. The summed E-state index contributed by atoms with van der Waals surface area (Å²) in [7, 11) is 0. The van der Waals surface area contributed by atoms with Gasteiger partial charge in [0, 0.05) is 43.4 Å². The van der Waals surface area contributed by atoms with Crippen molar-refractivity contribution in [3.8, 4) is 0 Å². The van der Waals surface area contributed by atoms with Crippen LogP contribution >= 0.6 is 11.3 Å². The Morgan fingerprint density at radius 2 is 0.681 bits per heavy atom. The molecule has 0 aliphatic carbocycles. The van der Waals surface area contributed by atoms with Gasteiger partial charge in [-0.3, -0.25) is 15.1 Å². The van der Waals surface area contributed by atoms with E-state index in [0.717, 1.165) is 5.56 Å². The summed E-state index contributed by atoms with van der Waals surface area (Å²) in [5.74, 6) is 0. The van der Waals surface area contributed by atoms with E-state index in [0.29, 0.717) is 0 Å². The molecule has 416 valence electrons. The summed E-state index contributed by atoms with van der Waals surface area (Å²) in [5.41, 5.74) is 7.43. The Bertz CT molecular complexity index is 1140. The summed E-state index contributed by atoms with van der Waals surface area (Å²) in [6.45, 7) is 60.2. The number of thiophene rings is 1. The molecule has 5 aromatic heterocycles. The van der Waals surface area contributed by atoms with Gasteiger partial charge in [-0.2, -0.15) is 16.4 Å². The highest BCUT2D eigenvalue weighted by molar-refractivity contribution is 7.07. The van der Waals surface area contributed by atoms with Gasteiger partial charge in [-0.25, -0.2) is 9.97 Å². The van der Waals surface area contributed by atoms with Crippen LogP contribution in [-0.4, -0.2) is 30.1 Å². The lowest BCUT2D eigenvalue weighted by molar-refractivity contribution is 1.09. The van der Waals surface area contributed by atoms with Gasteiger partial charge in [-0.15, -0.1) is 0 Å². The minimum absolute atomic E-state index is 0. The van der Waals surface area contributed by atoms with Gasteiger partial charge >= 0.3 is 0 Å². The van der Waals surface area contributed by atoms with Crippen LogP contribution in [0.2, 0.25) is 0 Å². The van der Waals surface area contributed by atoms with Crippen molar-refractivity contribution >= 4 is 11.3 Å². The second-order valence-corrected chi connectivity index (χ2v) is 9.48. The first-order valence-electron chi connectivity index (χ1n) is 24.8. The predicted octanol–water partition coefficient (Wildman–Crippen LogP) is 23.8. The van der Waals surface area contributed by atoms with Crippen molar-refractivity contribution in [2.45, 2.75) is 245 Å². The van der Waals surface area contributed by atoms with E-state index in [1.54, 1.807) is 48.5 Å². The number of pyridine rings is 2. The topological polar surface area (TPSA) is 80.2 Å². The molecule has 6 nitrogen and oxygen atoms in total. The van der Waals surface area contributed by atoms with Gasteiger partial charge in [0.2, 0.25) is 0 Å². The third-order valence-electron chi connectivity index (χ3n) is 4.58. The Kier molecular flexibility index (Phi) is 241. The Hall–Kier alpha value is -4.49. The summed E-state index contributed by atoms with van der Waals surface area (Å²) in [6.07, 6.45) is 15.9. The number of aromatic nitrogens is 6. The number of hydrogen-bond acceptors (Lipinski definition) is 6. The lowest BCUT2D eigenvalue weighted by Gasteiger charge is -1.82. The molecule has 69 heavy (non-hydrogen) atoms. The van der Waals surface area contributed by atoms with Crippen LogP contribution in [0.15, 0.2) is 127 Å². The molecule has 0 aliphatic heterocycles. The van der Waals surface area contributed by atoms with Crippen LogP contribution in [0.5, 0.6) is 0 Å². The highest BCUT2D eigenvalue weighted by Crippen LogP contribution is 2.01. The Morgan fingerprint density at radius 1 is 0.319 bits per heavy atom. The molecule has 0 bridgehead atoms. The van der Waals surface area contributed by atoms with Gasteiger partial charge in [-0.1, -0.05) is 245 Å². The Labute approximate surface area is 445 Å². The highest BCUT2D eigenvalue weighted by atomic mass is 32.1. The molecule has 0 spiro atoms. The standard InChI is InChI=1S/C7H8.2C6H7N.C5H6N2.C5H6S.C4H6N2.12C2H6.5CH4/c1-7-5-3-2-4-6-7;1-6-2-4-7-5-3-6;1-6-3-2-4-7-5-6;1-5-2-6-4-7-3-5;1-5-2-3-6-4-5;1-4-2-5-6-3-4;12*1-2;;;;;/h2-6H,1H3;2*2-5H,1H3;2-4H,1H3;2-4H,1H3;2-3H,1H3,(H,5,6);12*1-2H3;5*1H4. The van der Waals surface area contributed by atoms with Crippen LogP contribution in [0.25, 0.3) is 0 Å². The molecule has 1 aromatic carbocycles. The molecule has 0 saturated carbocycles. The Morgan fingerprint density at radius 3 is 0.826 bits per heavy atom. The maximum atomic E-state index is 3.88. The monoisotopic (exact) mass is 993 g/mol. The van der Waals surface area contributed by atoms with E-state index in [1.165, 1.54) is 34.1 Å². The van der Waals surface area contributed by atoms with E-state index in [4.69, 9.17) is 0 Å². The maximum Gasteiger partial charge on any atom is 0.115 e. The van der Waals surface area contributed by atoms with E-state index in [9.17, 15) is 0 Å². The second kappa shape index (κ2) is 144. The van der Waals surface area contributed by atoms with Gasteiger partial charge in [0.15, 0.2) is 0 Å². The van der Waals surface area contributed by atoms with Crippen molar-refractivity contribution in [1.29, 1.82) is 0 Å². The van der Waals surface area contributed by atoms with Gasteiger partial charge in [-0.05, 0) is 104 Å². The van der Waals surface area contributed by atoms with Crippen molar-refractivity contribution < 1.29 is 0 Å². The predicted molar refractivity (Wildman–Crippen MR) is 338 cm³/mol. The molecule has 6 rings (SSSR count). The third-order valence-corrected chi connectivity index (χ3v) is 5.39.